The van der Waals surface area contributed by atoms with Gasteiger partial charge in [-0.05, 0) is 29.9 Å². The van der Waals surface area contributed by atoms with Crippen LogP contribution in [0.15, 0.2) is 29.3 Å². The van der Waals surface area contributed by atoms with Gasteiger partial charge in [0.25, 0.3) is 0 Å². The summed E-state index contributed by atoms with van der Waals surface area (Å²) in [6.45, 7) is 0. The zero-order chi connectivity index (χ0) is 12.8. The molecule has 1 aromatic carbocycles. The number of carbonyl (C=O) groups is 1. The van der Waals surface area contributed by atoms with Gasteiger partial charge in [-0.25, -0.2) is 0 Å². The van der Waals surface area contributed by atoms with Crippen LogP contribution in [0.1, 0.15) is 18.1 Å². The third kappa shape index (κ3) is 4.05. The standard InChI is InChI=1S/C11H11NO4S/c13-9(5-10(14)15)11(16)7-1-3-8(4-2-7)12-6-17/h1-4,9,11,13,16H,5H2,(H,14,15). The summed E-state index contributed by atoms with van der Waals surface area (Å²) < 4.78 is 0. The maximum absolute atomic E-state index is 10.4. The van der Waals surface area contributed by atoms with Crippen molar-refractivity contribution < 1.29 is 20.1 Å². The number of isothiocyanates is 1. The van der Waals surface area contributed by atoms with Crippen molar-refractivity contribution in [2.75, 3.05) is 0 Å². The average molecular weight is 253 g/mol. The highest BCUT2D eigenvalue weighted by molar-refractivity contribution is 7.78. The highest BCUT2D eigenvalue weighted by Gasteiger charge is 2.20. The summed E-state index contributed by atoms with van der Waals surface area (Å²) in [5.74, 6) is -1.17. The Balaban J connectivity index is 2.78. The van der Waals surface area contributed by atoms with E-state index in [9.17, 15) is 15.0 Å². The number of carboxylic acids is 1. The fraction of sp³-hybridized carbons (Fsp3) is 0.273. The molecule has 0 saturated carbocycles. The second-order valence-electron chi connectivity index (χ2n) is 3.40. The summed E-state index contributed by atoms with van der Waals surface area (Å²) in [4.78, 5) is 14.1. The minimum absolute atomic E-state index is 0.419. The minimum Gasteiger partial charge on any atom is -0.481 e. The molecule has 5 nitrogen and oxygen atoms in total. The molecule has 0 heterocycles. The van der Waals surface area contributed by atoms with E-state index in [0.29, 0.717) is 11.3 Å². The lowest BCUT2D eigenvalue weighted by Crippen LogP contribution is -2.21. The smallest absolute Gasteiger partial charge is 0.306 e. The number of carboxylic acid groups (broad SMARTS) is 1. The van der Waals surface area contributed by atoms with E-state index >= 15 is 0 Å². The normalized spacial score (nSPS) is 13.5. The Kier molecular flexibility index (Phi) is 4.93. The lowest BCUT2D eigenvalue weighted by molar-refractivity contribution is -0.141. The summed E-state index contributed by atoms with van der Waals surface area (Å²) >= 11 is 4.44. The molecular weight excluding hydrogens is 242 g/mol. The molecule has 3 N–H and O–H groups in total. The van der Waals surface area contributed by atoms with Crippen LogP contribution in [0, 0.1) is 0 Å². The van der Waals surface area contributed by atoms with Gasteiger partial charge in [-0.3, -0.25) is 4.79 Å². The molecule has 0 aliphatic heterocycles. The Bertz CT molecular complexity index is 439. The van der Waals surface area contributed by atoms with Crippen LogP contribution in [0.25, 0.3) is 0 Å². The van der Waals surface area contributed by atoms with Crippen LogP contribution in [0.3, 0.4) is 0 Å². The monoisotopic (exact) mass is 253 g/mol. The number of thiocarbonyl (C=S) groups is 1. The number of aliphatic carboxylic acids is 1. The van der Waals surface area contributed by atoms with Crippen molar-refractivity contribution in [1.82, 2.24) is 0 Å². The Morgan fingerprint density at radius 2 is 1.94 bits per heavy atom. The summed E-state index contributed by atoms with van der Waals surface area (Å²) in [7, 11) is 0. The predicted molar refractivity (Wildman–Crippen MR) is 64.3 cm³/mol. The van der Waals surface area contributed by atoms with E-state index in [-0.39, 0.29) is 0 Å². The average Bonchev–Trinajstić information content (AvgIpc) is 2.28. The lowest BCUT2D eigenvalue weighted by Gasteiger charge is -2.16. The van der Waals surface area contributed by atoms with Crippen LogP contribution in [-0.4, -0.2) is 32.6 Å². The van der Waals surface area contributed by atoms with E-state index in [2.05, 4.69) is 22.4 Å². The molecule has 0 amide bonds. The fourth-order valence-corrected chi connectivity index (χ4v) is 1.42. The van der Waals surface area contributed by atoms with Crippen LogP contribution in [0.5, 0.6) is 0 Å². The Morgan fingerprint density at radius 1 is 1.35 bits per heavy atom. The molecule has 1 rings (SSSR count). The van der Waals surface area contributed by atoms with E-state index in [1.54, 1.807) is 24.3 Å². The zero-order valence-electron chi connectivity index (χ0n) is 8.78. The molecule has 2 atom stereocenters. The highest BCUT2D eigenvalue weighted by Crippen LogP contribution is 2.21. The first-order valence-corrected chi connectivity index (χ1v) is 5.21. The Morgan fingerprint density at radius 3 is 2.41 bits per heavy atom. The zero-order valence-corrected chi connectivity index (χ0v) is 9.59. The molecule has 0 aliphatic carbocycles. The first kappa shape index (κ1) is 13.5. The van der Waals surface area contributed by atoms with Crippen LogP contribution in [0.4, 0.5) is 5.69 Å². The molecule has 17 heavy (non-hydrogen) atoms. The van der Waals surface area contributed by atoms with Gasteiger partial charge in [0.15, 0.2) is 0 Å². The van der Waals surface area contributed by atoms with Crippen LogP contribution in [-0.2, 0) is 4.79 Å². The van der Waals surface area contributed by atoms with Crippen molar-refractivity contribution in [2.24, 2.45) is 4.99 Å². The predicted octanol–water partition coefficient (Wildman–Crippen LogP) is 1.29. The van der Waals surface area contributed by atoms with Gasteiger partial charge in [0.05, 0.1) is 23.4 Å². The van der Waals surface area contributed by atoms with Crippen LogP contribution in [0.2, 0.25) is 0 Å². The molecule has 0 aromatic heterocycles. The Hall–Kier alpha value is -1.59. The topological polar surface area (TPSA) is 90.1 Å². The van der Waals surface area contributed by atoms with Crippen LogP contribution >= 0.6 is 12.2 Å². The summed E-state index contributed by atoms with van der Waals surface area (Å²) in [5, 5.41) is 29.8. The van der Waals surface area contributed by atoms with Gasteiger partial charge in [-0.2, -0.15) is 4.99 Å². The SMILES string of the molecule is O=C(O)CC(O)C(O)c1ccc(N=C=S)cc1. The molecular formula is C11H11NO4S. The number of aliphatic hydroxyl groups excluding tert-OH is 2. The molecule has 0 fully saturated rings. The molecule has 0 aliphatic rings. The van der Waals surface area contributed by atoms with Gasteiger partial charge in [-0.15, -0.1) is 0 Å². The molecule has 2 unspecified atom stereocenters. The first-order valence-electron chi connectivity index (χ1n) is 4.80. The summed E-state index contributed by atoms with van der Waals surface area (Å²) in [6.07, 6.45) is -3.09. The van der Waals surface area contributed by atoms with Crippen molar-refractivity contribution in [2.45, 2.75) is 18.6 Å². The van der Waals surface area contributed by atoms with Crippen molar-refractivity contribution in [3.8, 4) is 0 Å². The highest BCUT2D eigenvalue weighted by atomic mass is 32.1. The maximum Gasteiger partial charge on any atom is 0.306 e. The van der Waals surface area contributed by atoms with Crippen molar-refractivity contribution in [3.05, 3.63) is 29.8 Å². The molecule has 90 valence electrons. The number of rotatable bonds is 5. The second-order valence-corrected chi connectivity index (χ2v) is 3.59. The largest absolute Gasteiger partial charge is 0.481 e. The van der Waals surface area contributed by atoms with E-state index < -0.39 is 24.6 Å². The maximum atomic E-state index is 10.4. The summed E-state index contributed by atoms with van der Waals surface area (Å²) in [6, 6.07) is 6.26. The number of aliphatic imine (C=N–C) groups is 1. The van der Waals surface area contributed by atoms with Crippen LogP contribution < -0.4 is 0 Å². The van der Waals surface area contributed by atoms with Gasteiger partial charge in [0.2, 0.25) is 0 Å². The molecule has 6 heteroatoms. The lowest BCUT2D eigenvalue weighted by atomic mass is 10.0. The van der Waals surface area contributed by atoms with Gasteiger partial charge >= 0.3 is 5.97 Å². The van der Waals surface area contributed by atoms with E-state index in [1.165, 1.54) is 0 Å². The molecule has 0 saturated heterocycles. The van der Waals surface area contributed by atoms with Gasteiger partial charge in [0.1, 0.15) is 6.10 Å². The number of benzene rings is 1. The van der Waals surface area contributed by atoms with Crippen molar-refractivity contribution >= 4 is 29.0 Å². The van der Waals surface area contributed by atoms with E-state index in [1.807, 2.05) is 0 Å². The third-order valence-electron chi connectivity index (χ3n) is 2.16. The molecule has 0 radical (unpaired) electrons. The molecule has 0 spiro atoms. The van der Waals surface area contributed by atoms with Gasteiger partial charge in [0, 0.05) is 0 Å². The third-order valence-corrected chi connectivity index (χ3v) is 2.25. The Labute approximate surface area is 103 Å². The van der Waals surface area contributed by atoms with Gasteiger partial charge in [-0.1, -0.05) is 12.1 Å². The minimum atomic E-state index is -1.34. The van der Waals surface area contributed by atoms with Gasteiger partial charge < -0.3 is 15.3 Å². The van der Waals surface area contributed by atoms with Crippen molar-refractivity contribution in [1.29, 1.82) is 0 Å². The molecule has 1 aromatic rings. The summed E-state index contributed by atoms with van der Waals surface area (Å²) in [5.41, 5.74) is 0.991. The molecule has 0 bridgehead atoms. The number of hydrogen-bond donors (Lipinski definition) is 3. The second kappa shape index (κ2) is 6.22. The van der Waals surface area contributed by atoms with E-state index in [4.69, 9.17) is 5.11 Å². The quantitative estimate of drug-likeness (QED) is 0.543. The van der Waals surface area contributed by atoms with E-state index in [0.717, 1.165) is 0 Å². The fourth-order valence-electron chi connectivity index (χ4n) is 1.31. The van der Waals surface area contributed by atoms with Crippen molar-refractivity contribution in [3.63, 3.8) is 0 Å². The number of nitrogens with zero attached hydrogens (tertiary/aromatic N) is 1. The number of hydrogen-bond acceptors (Lipinski definition) is 5. The number of aliphatic hydroxyl groups is 2. The first-order chi connectivity index (χ1) is 8.04.